The predicted molar refractivity (Wildman–Crippen MR) is 68.7 cm³/mol. The van der Waals surface area contributed by atoms with Gasteiger partial charge in [0.1, 0.15) is 5.69 Å². The van der Waals surface area contributed by atoms with E-state index in [-0.39, 0.29) is 0 Å². The molecule has 0 bridgehead atoms. The second-order valence-corrected chi connectivity index (χ2v) is 4.76. The van der Waals surface area contributed by atoms with E-state index in [4.69, 9.17) is 5.26 Å². The van der Waals surface area contributed by atoms with E-state index in [1.807, 2.05) is 31.4 Å². The van der Waals surface area contributed by atoms with E-state index in [2.05, 4.69) is 22.9 Å². The highest BCUT2D eigenvalue weighted by Gasteiger charge is 1.96. The number of rotatable bonds is 0. The molecule has 82 valence electrons. The number of nitrogens with zero attached hydrogens (tertiary/aromatic N) is 2. The molecule has 0 aliphatic carbocycles. The van der Waals surface area contributed by atoms with Gasteiger partial charge in [-0.2, -0.15) is 5.26 Å². The number of hydrogen-bond donors (Lipinski definition) is 0. The van der Waals surface area contributed by atoms with Crippen LogP contribution < -0.4 is 0 Å². The van der Waals surface area contributed by atoms with Crippen LogP contribution in [-0.4, -0.2) is 4.98 Å². The van der Waals surface area contributed by atoms with Gasteiger partial charge in [0, 0.05) is 10.9 Å². The van der Waals surface area contributed by atoms with Crippen LogP contribution in [0, 0.1) is 37.0 Å². The topological polar surface area (TPSA) is 36.7 Å². The molecule has 0 spiro atoms. The Bertz CT molecular complexity index is 651. The first-order chi connectivity index (χ1) is 8.17. The SMILES string of the molecule is Cc1cc(C#N)cc(C#C[14c]2csc(C)n2)c1. The van der Waals surface area contributed by atoms with Crippen LogP contribution in [0.1, 0.15) is 27.4 Å². The Morgan fingerprint density at radius 2 is 2.00 bits per heavy atom. The molecule has 0 atom stereocenters. The maximum absolute atomic E-state index is 8.87. The molecule has 17 heavy (non-hydrogen) atoms. The Morgan fingerprint density at radius 3 is 2.65 bits per heavy atom. The largest absolute Gasteiger partial charge is 0.233 e. The van der Waals surface area contributed by atoms with E-state index in [1.165, 1.54) is 0 Å². The molecule has 0 fully saturated rings. The summed E-state index contributed by atoms with van der Waals surface area (Å²) in [6, 6.07) is 7.73. The monoisotopic (exact) mass is 240 g/mol. The first kappa shape index (κ1) is 11.4. The molecule has 2 rings (SSSR count). The van der Waals surface area contributed by atoms with E-state index >= 15 is 0 Å². The standard InChI is InChI=1S/C14H10N2S/c1-10-5-12(7-13(6-10)8-15)3-4-14-9-17-11(2)16-14/h5-7,9H,1-2H3/i14+2. The molecule has 0 saturated carbocycles. The van der Waals surface area contributed by atoms with Crippen LogP contribution in [0.15, 0.2) is 23.6 Å². The molecule has 0 aliphatic rings. The van der Waals surface area contributed by atoms with Crippen LogP contribution in [0.3, 0.4) is 0 Å². The van der Waals surface area contributed by atoms with Crippen molar-refractivity contribution in [3.63, 3.8) is 0 Å². The molecule has 3 heteroatoms. The summed E-state index contributed by atoms with van der Waals surface area (Å²) in [5.41, 5.74) is 3.33. The summed E-state index contributed by atoms with van der Waals surface area (Å²) >= 11 is 1.58. The van der Waals surface area contributed by atoms with Crippen molar-refractivity contribution in [1.82, 2.24) is 4.98 Å². The second kappa shape index (κ2) is 4.82. The lowest BCUT2D eigenvalue weighted by atomic mass is 10.1. The number of hydrogen-bond acceptors (Lipinski definition) is 3. The zero-order chi connectivity index (χ0) is 12.3. The molecule has 1 aromatic carbocycles. The highest BCUT2D eigenvalue weighted by Crippen LogP contribution is 2.09. The summed E-state index contributed by atoms with van der Waals surface area (Å²) in [7, 11) is 0. The summed E-state index contributed by atoms with van der Waals surface area (Å²) in [5, 5.41) is 11.8. The van der Waals surface area contributed by atoms with Crippen LogP contribution in [-0.2, 0) is 0 Å². The van der Waals surface area contributed by atoms with Gasteiger partial charge in [0.15, 0.2) is 0 Å². The van der Waals surface area contributed by atoms with Gasteiger partial charge in [-0.1, -0.05) is 5.92 Å². The van der Waals surface area contributed by atoms with Crippen molar-refractivity contribution in [3.05, 3.63) is 51.0 Å². The number of aryl methyl sites for hydroxylation is 2. The Kier molecular flexibility index (Phi) is 3.23. The molecule has 0 aliphatic heterocycles. The first-order valence-corrected chi connectivity index (χ1v) is 6.01. The van der Waals surface area contributed by atoms with Gasteiger partial charge in [0.25, 0.3) is 0 Å². The fourth-order valence-corrected chi connectivity index (χ4v) is 2.02. The predicted octanol–water partition coefficient (Wildman–Crippen LogP) is 3.03. The van der Waals surface area contributed by atoms with Crippen LogP contribution in [0.2, 0.25) is 0 Å². The third-order valence-corrected chi connectivity index (χ3v) is 2.93. The maximum atomic E-state index is 8.87. The molecule has 0 unspecified atom stereocenters. The van der Waals surface area contributed by atoms with Crippen molar-refractivity contribution in [3.8, 4) is 17.9 Å². The molecule has 1 aromatic heterocycles. The van der Waals surface area contributed by atoms with E-state index in [0.717, 1.165) is 21.8 Å². The Morgan fingerprint density at radius 1 is 1.24 bits per heavy atom. The maximum Gasteiger partial charge on any atom is 0.124 e. The molecule has 0 amide bonds. The minimum Gasteiger partial charge on any atom is -0.233 e. The molecule has 0 saturated heterocycles. The molecule has 0 radical (unpaired) electrons. The van der Waals surface area contributed by atoms with Crippen molar-refractivity contribution >= 4 is 11.3 Å². The fourth-order valence-electron chi connectivity index (χ4n) is 1.48. The zero-order valence-electron chi connectivity index (χ0n) is 9.61. The molecular formula is C14H10N2S. The first-order valence-electron chi connectivity index (χ1n) is 5.13. The van der Waals surface area contributed by atoms with Crippen molar-refractivity contribution in [2.75, 3.05) is 0 Å². The average Bonchev–Trinajstić information content (AvgIpc) is 2.72. The normalized spacial score (nSPS) is 9.24. The Hall–Kier alpha value is -2.10. The van der Waals surface area contributed by atoms with Gasteiger partial charge in [-0.05, 0) is 43.5 Å². The number of nitriles is 1. The molecule has 0 N–H and O–H groups in total. The minimum atomic E-state index is 0.642. The van der Waals surface area contributed by atoms with Gasteiger partial charge in [-0.3, -0.25) is 0 Å². The van der Waals surface area contributed by atoms with Gasteiger partial charge in [-0.15, -0.1) is 11.3 Å². The quantitative estimate of drug-likeness (QED) is 0.664. The van der Waals surface area contributed by atoms with Crippen LogP contribution >= 0.6 is 11.3 Å². The fraction of sp³-hybridized carbons (Fsp3) is 0.143. The van der Waals surface area contributed by atoms with Gasteiger partial charge in [0.2, 0.25) is 0 Å². The Labute approximate surface area is 105 Å². The summed E-state index contributed by atoms with van der Waals surface area (Å²) in [4.78, 5) is 4.27. The van der Waals surface area contributed by atoms with Gasteiger partial charge in [0.05, 0.1) is 16.6 Å². The highest BCUT2D eigenvalue weighted by atomic mass is 32.1. The van der Waals surface area contributed by atoms with E-state index in [0.29, 0.717) is 5.56 Å². The smallest absolute Gasteiger partial charge is 0.124 e. The van der Waals surface area contributed by atoms with Crippen LogP contribution in [0.4, 0.5) is 0 Å². The van der Waals surface area contributed by atoms with Gasteiger partial charge in [-0.25, -0.2) is 4.98 Å². The molecule has 2 aromatic rings. The molecule has 1 heterocycles. The van der Waals surface area contributed by atoms with Crippen molar-refractivity contribution in [2.45, 2.75) is 13.8 Å². The molecular weight excluding hydrogens is 230 g/mol. The minimum absolute atomic E-state index is 0.642. The van der Waals surface area contributed by atoms with Crippen molar-refractivity contribution in [2.24, 2.45) is 0 Å². The van der Waals surface area contributed by atoms with Gasteiger partial charge < -0.3 is 0 Å². The number of thiazole rings is 1. The van der Waals surface area contributed by atoms with E-state index < -0.39 is 0 Å². The van der Waals surface area contributed by atoms with Gasteiger partial charge >= 0.3 is 0 Å². The van der Waals surface area contributed by atoms with E-state index in [9.17, 15) is 0 Å². The highest BCUT2D eigenvalue weighted by molar-refractivity contribution is 7.09. The van der Waals surface area contributed by atoms with Crippen LogP contribution in [0.5, 0.6) is 0 Å². The van der Waals surface area contributed by atoms with E-state index in [1.54, 1.807) is 17.4 Å². The number of aromatic nitrogens is 1. The van der Waals surface area contributed by atoms with Crippen LogP contribution in [0.25, 0.3) is 0 Å². The summed E-state index contributed by atoms with van der Waals surface area (Å²) < 4.78 is 0. The molecule has 2 nitrogen and oxygen atoms in total. The lowest BCUT2D eigenvalue weighted by Crippen LogP contribution is -1.82. The van der Waals surface area contributed by atoms with Crippen molar-refractivity contribution < 1.29 is 0 Å². The second-order valence-electron chi connectivity index (χ2n) is 3.70. The summed E-state index contributed by atoms with van der Waals surface area (Å²) in [6.45, 7) is 3.91. The van der Waals surface area contributed by atoms with Crippen molar-refractivity contribution in [1.29, 1.82) is 5.26 Å². The summed E-state index contributed by atoms with van der Waals surface area (Å²) in [6.07, 6.45) is 0. The lowest BCUT2D eigenvalue weighted by molar-refractivity contribution is 1.27. The zero-order valence-corrected chi connectivity index (χ0v) is 10.4. The number of benzene rings is 1. The third-order valence-electron chi connectivity index (χ3n) is 2.16. The Balaban J connectivity index is 2.34. The summed E-state index contributed by atoms with van der Waals surface area (Å²) in [5.74, 6) is 6.03. The third kappa shape index (κ3) is 2.93. The lowest BCUT2D eigenvalue weighted by Gasteiger charge is -1.95. The average molecular weight is 240 g/mol.